The maximum Gasteiger partial charge on any atom is 0.255 e. The van der Waals surface area contributed by atoms with Crippen molar-refractivity contribution in [1.29, 1.82) is 0 Å². The summed E-state index contributed by atoms with van der Waals surface area (Å²) in [6, 6.07) is 10.4. The third-order valence-corrected chi connectivity index (χ3v) is 7.38. The SMILES string of the molecule is COc1ccc2nccc(-c3[nH]c4c(c3Nc3cccc(F)c3C)C(=O)NC[C@@]43CCCNC3)c2n1. The first-order chi connectivity index (χ1) is 17.5. The molecular formula is C27H27FN6O2. The number of ether oxygens (including phenoxy) is 1. The third kappa shape index (κ3) is 3.50. The van der Waals surface area contributed by atoms with E-state index in [1.807, 2.05) is 18.2 Å². The number of aromatic nitrogens is 3. The van der Waals surface area contributed by atoms with E-state index in [0.717, 1.165) is 37.2 Å². The molecule has 2 aliphatic rings. The first kappa shape index (κ1) is 22.5. The Balaban J connectivity index is 1.63. The summed E-state index contributed by atoms with van der Waals surface area (Å²) in [4.78, 5) is 26.1. The minimum atomic E-state index is -0.316. The van der Waals surface area contributed by atoms with E-state index in [2.05, 4.69) is 30.9 Å². The van der Waals surface area contributed by atoms with Crippen molar-refractivity contribution in [2.75, 3.05) is 32.1 Å². The molecule has 0 unspecified atom stereocenters. The molecule has 0 saturated carbocycles. The summed E-state index contributed by atoms with van der Waals surface area (Å²) in [6.45, 7) is 3.97. The number of rotatable bonds is 4. The van der Waals surface area contributed by atoms with E-state index in [1.54, 1.807) is 32.4 Å². The predicted octanol–water partition coefficient (Wildman–Crippen LogP) is 4.19. The number of halogens is 1. The molecule has 184 valence electrons. The molecule has 5 heterocycles. The van der Waals surface area contributed by atoms with Gasteiger partial charge in [0.2, 0.25) is 5.88 Å². The Morgan fingerprint density at radius 1 is 1.17 bits per heavy atom. The van der Waals surface area contributed by atoms with Gasteiger partial charge in [-0.2, -0.15) is 0 Å². The van der Waals surface area contributed by atoms with Crippen LogP contribution in [0.25, 0.3) is 22.3 Å². The lowest BCUT2D eigenvalue weighted by molar-refractivity contribution is 0.0916. The van der Waals surface area contributed by atoms with Crippen LogP contribution in [0.15, 0.2) is 42.6 Å². The highest BCUT2D eigenvalue weighted by Crippen LogP contribution is 2.45. The van der Waals surface area contributed by atoms with E-state index in [4.69, 9.17) is 4.74 Å². The van der Waals surface area contributed by atoms with E-state index in [0.29, 0.717) is 51.7 Å². The molecule has 0 bridgehead atoms. The number of hydrogen-bond donors (Lipinski definition) is 4. The van der Waals surface area contributed by atoms with Crippen LogP contribution in [0.4, 0.5) is 15.8 Å². The van der Waals surface area contributed by atoms with Gasteiger partial charge in [-0.05, 0) is 50.6 Å². The lowest BCUT2D eigenvalue weighted by Gasteiger charge is -2.40. The number of pyridine rings is 2. The van der Waals surface area contributed by atoms with Gasteiger partial charge in [0.25, 0.3) is 5.91 Å². The largest absolute Gasteiger partial charge is 0.481 e. The average Bonchev–Trinajstić information content (AvgIpc) is 3.29. The van der Waals surface area contributed by atoms with Crippen molar-refractivity contribution in [2.24, 2.45) is 0 Å². The molecule has 1 fully saturated rings. The number of methoxy groups -OCH3 is 1. The number of nitrogens with one attached hydrogen (secondary N) is 4. The molecule has 8 nitrogen and oxygen atoms in total. The van der Waals surface area contributed by atoms with Crippen molar-refractivity contribution < 1.29 is 13.9 Å². The Labute approximate surface area is 207 Å². The number of hydrogen-bond acceptors (Lipinski definition) is 6. The summed E-state index contributed by atoms with van der Waals surface area (Å²) in [5.41, 5.74) is 5.67. The predicted molar refractivity (Wildman–Crippen MR) is 136 cm³/mol. The zero-order valence-electron chi connectivity index (χ0n) is 20.2. The van der Waals surface area contributed by atoms with E-state index in [-0.39, 0.29) is 17.1 Å². The normalized spacial score (nSPS) is 19.2. The molecule has 9 heteroatoms. The number of fused-ring (bicyclic) bond motifs is 3. The Bertz CT molecular complexity index is 1490. The number of carbonyl (C=O) groups is 1. The molecule has 0 radical (unpaired) electrons. The number of amides is 1. The minimum absolute atomic E-state index is 0.163. The number of aromatic amines is 1. The lowest BCUT2D eigenvalue weighted by Crippen LogP contribution is -2.54. The highest BCUT2D eigenvalue weighted by Gasteiger charge is 2.44. The molecule has 1 spiro atoms. The summed E-state index contributed by atoms with van der Waals surface area (Å²) in [6.07, 6.45) is 3.67. The molecule has 0 aliphatic carbocycles. The van der Waals surface area contributed by atoms with Gasteiger partial charge in [0.1, 0.15) is 11.3 Å². The second kappa shape index (κ2) is 8.60. The Hall–Kier alpha value is -3.98. The highest BCUT2D eigenvalue weighted by atomic mass is 19.1. The van der Waals surface area contributed by atoms with Gasteiger partial charge in [0.15, 0.2) is 0 Å². The van der Waals surface area contributed by atoms with Crippen LogP contribution in [0.5, 0.6) is 5.88 Å². The van der Waals surface area contributed by atoms with Gasteiger partial charge in [0, 0.05) is 53.3 Å². The van der Waals surface area contributed by atoms with Gasteiger partial charge in [-0.15, -0.1) is 0 Å². The molecule has 36 heavy (non-hydrogen) atoms. The molecule has 1 amide bonds. The van der Waals surface area contributed by atoms with Gasteiger partial charge in [-0.3, -0.25) is 9.78 Å². The Kier molecular flexibility index (Phi) is 5.37. The maximum absolute atomic E-state index is 14.5. The fraction of sp³-hybridized carbons (Fsp3) is 0.296. The van der Waals surface area contributed by atoms with Crippen molar-refractivity contribution in [1.82, 2.24) is 25.6 Å². The van der Waals surface area contributed by atoms with E-state index < -0.39 is 0 Å². The van der Waals surface area contributed by atoms with Crippen molar-refractivity contribution >= 4 is 28.3 Å². The quantitative estimate of drug-likeness (QED) is 0.345. The molecule has 2 aliphatic heterocycles. The van der Waals surface area contributed by atoms with Crippen LogP contribution in [0.3, 0.4) is 0 Å². The molecule has 4 aromatic rings. The van der Waals surface area contributed by atoms with Crippen LogP contribution in [0.1, 0.15) is 34.5 Å². The summed E-state index contributed by atoms with van der Waals surface area (Å²) < 4.78 is 19.8. The molecule has 4 N–H and O–H groups in total. The average molecular weight is 487 g/mol. The zero-order valence-corrected chi connectivity index (χ0v) is 20.2. The second-order valence-electron chi connectivity index (χ2n) is 9.49. The topological polar surface area (TPSA) is 104 Å². The van der Waals surface area contributed by atoms with Gasteiger partial charge < -0.3 is 25.7 Å². The third-order valence-electron chi connectivity index (χ3n) is 7.38. The van der Waals surface area contributed by atoms with Crippen LogP contribution in [0, 0.1) is 12.7 Å². The Morgan fingerprint density at radius 3 is 2.86 bits per heavy atom. The molecule has 6 rings (SSSR count). The first-order valence-electron chi connectivity index (χ1n) is 12.1. The standard InChI is InChI=1S/C27H27FN6O2/c1-15-17(28)5-3-6-18(15)32-24-21-25(27(14-31-26(21)35)10-4-11-29-13-27)34-23(24)16-9-12-30-19-7-8-20(36-2)33-22(16)19/h3,5-9,12,29,32,34H,4,10-11,13-14H2,1-2H3,(H,31,35)/t27-/m0/s1. The van der Waals surface area contributed by atoms with Gasteiger partial charge >= 0.3 is 0 Å². The zero-order chi connectivity index (χ0) is 24.9. The van der Waals surface area contributed by atoms with Crippen LogP contribution >= 0.6 is 0 Å². The number of nitrogens with zero attached hydrogens (tertiary/aromatic N) is 2. The van der Waals surface area contributed by atoms with Gasteiger partial charge in [-0.25, -0.2) is 9.37 Å². The monoisotopic (exact) mass is 486 g/mol. The van der Waals surface area contributed by atoms with Crippen LogP contribution < -0.4 is 20.7 Å². The molecule has 3 aromatic heterocycles. The molecule has 1 saturated heterocycles. The van der Waals surface area contributed by atoms with Gasteiger partial charge in [0.05, 0.1) is 29.6 Å². The summed E-state index contributed by atoms with van der Waals surface area (Å²) >= 11 is 0. The molecule has 1 aromatic carbocycles. The number of anilines is 2. The smallest absolute Gasteiger partial charge is 0.255 e. The number of H-pyrrole nitrogens is 1. The first-order valence-corrected chi connectivity index (χ1v) is 12.1. The Morgan fingerprint density at radius 2 is 2.06 bits per heavy atom. The maximum atomic E-state index is 14.5. The summed E-state index contributed by atoms with van der Waals surface area (Å²) in [7, 11) is 1.57. The van der Waals surface area contributed by atoms with Crippen LogP contribution in [-0.2, 0) is 5.41 Å². The van der Waals surface area contributed by atoms with Crippen LogP contribution in [0.2, 0.25) is 0 Å². The summed E-state index contributed by atoms with van der Waals surface area (Å²) in [5.74, 6) is -0.0116. The number of piperidine rings is 1. The molecular weight excluding hydrogens is 459 g/mol. The van der Waals surface area contributed by atoms with Crippen molar-refractivity contribution in [3.05, 3.63) is 65.2 Å². The minimum Gasteiger partial charge on any atom is -0.481 e. The van der Waals surface area contributed by atoms with Crippen molar-refractivity contribution in [3.8, 4) is 17.1 Å². The fourth-order valence-electron chi connectivity index (χ4n) is 5.41. The summed E-state index contributed by atoms with van der Waals surface area (Å²) in [5, 5.41) is 10.0. The van der Waals surface area contributed by atoms with Gasteiger partial charge in [-0.1, -0.05) is 6.07 Å². The fourth-order valence-corrected chi connectivity index (χ4v) is 5.41. The van der Waals surface area contributed by atoms with Crippen molar-refractivity contribution in [3.63, 3.8) is 0 Å². The van der Waals surface area contributed by atoms with E-state index in [9.17, 15) is 9.18 Å². The number of benzene rings is 1. The van der Waals surface area contributed by atoms with Crippen molar-refractivity contribution in [2.45, 2.75) is 25.2 Å². The number of carbonyl (C=O) groups excluding carboxylic acids is 1. The van der Waals surface area contributed by atoms with E-state index >= 15 is 0 Å². The lowest BCUT2D eigenvalue weighted by atomic mass is 9.74. The molecule has 1 atom stereocenters. The van der Waals surface area contributed by atoms with E-state index in [1.165, 1.54) is 6.07 Å². The van der Waals surface area contributed by atoms with Crippen LogP contribution in [-0.4, -0.2) is 47.6 Å². The highest BCUT2D eigenvalue weighted by molar-refractivity contribution is 6.08. The second-order valence-corrected chi connectivity index (χ2v) is 9.49.